The number of benzene rings is 1. The monoisotopic (exact) mass is 283 g/mol. The Morgan fingerprint density at radius 1 is 1.00 bits per heavy atom. The fraction of sp³-hybridized carbons (Fsp3) is 0.0714. The van der Waals surface area contributed by atoms with E-state index < -0.39 is 0 Å². The molecule has 0 aliphatic carbocycles. The molecule has 1 aromatic carbocycles. The number of aromatic nitrogens is 3. The van der Waals surface area contributed by atoms with Gasteiger partial charge < -0.3 is 0 Å². The van der Waals surface area contributed by atoms with Gasteiger partial charge in [0.15, 0.2) is 5.15 Å². The van der Waals surface area contributed by atoms with E-state index in [0.717, 1.165) is 16.3 Å². The van der Waals surface area contributed by atoms with E-state index in [9.17, 15) is 0 Å². The van der Waals surface area contributed by atoms with Crippen LogP contribution in [0.4, 0.5) is 5.82 Å². The molecule has 20 heavy (non-hydrogen) atoms. The zero-order valence-corrected chi connectivity index (χ0v) is 11.2. The van der Waals surface area contributed by atoms with Crippen LogP contribution >= 0.6 is 11.6 Å². The van der Waals surface area contributed by atoms with E-state index in [1.165, 1.54) is 0 Å². The van der Waals surface area contributed by atoms with Crippen molar-refractivity contribution in [2.24, 2.45) is 10.2 Å². The molecule has 0 atom stereocenters. The van der Waals surface area contributed by atoms with Crippen molar-refractivity contribution >= 4 is 28.2 Å². The van der Waals surface area contributed by atoms with Gasteiger partial charge >= 0.3 is 0 Å². The Morgan fingerprint density at radius 2 is 1.85 bits per heavy atom. The van der Waals surface area contributed by atoms with Gasteiger partial charge in [-0.15, -0.1) is 15.3 Å². The normalized spacial score (nSPS) is 11.2. The zero-order valence-electron chi connectivity index (χ0n) is 10.4. The minimum atomic E-state index is 0.367. The highest BCUT2D eigenvalue weighted by Gasteiger charge is 2.06. The van der Waals surface area contributed by atoms with Crippen LogP contribution < -0.4 is 0 Å². The molecule has 98 valence electrons. The highest BCUT2D eigenvalue weighted by Crippen LogP contribution is 2.27. The highest BCUT2D eigenvalue weighted by molar-refractivity contribution is 6.34. The third-order valence-corrected chi connectivity index (χ3v) is 3.04. The molecule has 2 aromatic heterocycles. The van der Waals surface area contributed by atoms with Crippen LogP contribution in [0.25, 0.3) is 10.8 Å². The van der Waals surface area contributed by atoms with E-state index in [0.29, 0.717) is 17.5 Å². The van der Waals surface area contributed by atoms with E-state index in [1.54, 1.807) is 12.4 Å². The molecule has 0 unspecified atom stereocenters. The van der Waals surface area contributed by atoms with Crippen LogP contribution in [-0.2, 0) is 6.54 Å². The maximum atomic E-state index is 6.00. The van der Waals surface area contributed by atoms with Crippen LogP contribution in [0.1, 0.15) is 5.56 Å². The van der Waals surface area contributed by atoms with Crippen molar-refractivity contribution in [1.29, 1.82) is 0 Å². The molecule has 0 aliphatic heterocycles. The van der Waals surface area contributed by atoms with Crippen LogP contribution in [0.5, 0.6) is 0 Å². The third-order valence-electron chi connectivity index (χ3n) is 2.76. The number of hydrogen-bond acceptors (Lipinski definition) is 5. The predicted molar refractivity (Wildman–Crippen MR) is 77.0 cm³/mol. The first-order valence-corrected chi connectivity index (χ1v) is 6.40. The van der Waals surface area contributed by atoms with Crippen molar-refractivity contribution < 1.29 is 0 Å². The zero-order chi connectivity index (χ0) is 13.8. The van der Waals surface area contributed by atoms with E-state index in [2.05, 4.69) is 25.4 Å². The van der Waals surface area contributed by atoms with Gasteiger partial charge in [-0.25, -0.2) is 0 Å². The molecule has 0 amide bonds. The van der Waals surface area contributed by atoms with E-state index in [4.69, 9.17) is 11.6 Å². The molecule has 0 aliphatic rings. The first-order valence-electron chi connectivity index (χ1n) is 6.02. The number of hydrogen-bond donors (Lipinski definition) is 0. The highest BCUT2D eigenvalue weighted by atomic mass is 35.5. The van der Waals surface area contributed by atoms with Crippen molar-refractivity contribution in [2.75, 3.05) is 0 Å². The van der Waals surface area contributed by atoms with Gasteiger partial charge in [-0.1, -0.05) is 41.9 Å². The lowest BCUT2D eigenvalue weighted by molar-refractivity contribution is 0.922. The van der Waals surface area contributed by atoms with Crippen molar-refractivity contribution in [3.05, 3.63) is 59.5 Å². The SMILES string of the molecule is Clc1nnc(N=NCc2cccnc2)c2ccccc12. The molecule has 6 heteroatoms. The average molecular weight is 284 g/mol. The summed E-state index contributed by atoms with van der Waals surface area (Å²) in [5.74, 6) is 0.467. The van der Waals surface area contributed by atoms with Crippen LogP contribution in [0, 0.1) is 0 Å². The maximum Gasteiger partial charge on any atom is 0.203 e. The topological polar surface area (TPSA) is 63.4 Å². The Bertz CT molecular complexity index is 758. The standard InChI is InChI=1S/C14H10ClN5/c15-13-11-5-1-2-6-12(11)14(20-18-13)19-17-9-10-4-3-7-16-8-10/h1-8H,9H2. The second-order valence-corrected chi connectivity index (χ2v) is 4.48. The van der Waals surface area contributed by atoms with Gasteiger partial charge in [0.2, 0.25) is 5.82 Å². The molecule has 0 saturated heterocycles. The van der Waals surface area contributed by atoms with Crippen molar-refractivity contribution in [3.63, 3.8) is 0 Å². The molecule has 0 spiro atoms. The summed E-state index contributed by atoms with van der Waals surface area (Å²) in [6, 6.07) is 11.4. The van der Waals surface area contributed by atoms with Crippen LogP contribution in [-0.4, -0.2) is 15.2 Å². The van der Waals surface area contributed by atoms with Gasteiger partial charge in [-0.3, -0.25) is 4.98 Å². The maximum absolute atomic E-state index is 6.00. The molecular weight excluding hydrogens is 274 g/mol. The minimum absolute atomic E-state index is 0.367. The Kier molecular flexibility index (Phi) is 3.60. The van der Waals surface area contributed by atoms with Crippen molar-refractivity contribution in [2.45, 2.75) is 6.54 Å². The fourth-order valence-electron chi connectivity index (χ4n) is 1.81. The van der Waals surface area contributed by atoms with E-state index >= 15 is 0 Å². The lowest BCUT2D eigenvalue weighted by atomic mass is 10.2. The number of nitrogens with zero attached hydrogens (tertiary/aromatic N) is 5. The fourth-order valence-corrected chi connectivity index (χ4v) is 2.01. The second kappa shape index (κ2) is 5.71. The molecule has 0 radical (unpaired) electrons. The summed E-state index contributed by atoms with van der Waals surface area (Å²) in [6.45, 7) is 0.451. The van der Waals surface area contributed by atoms with Crippen LogP contribution in [0.3, 0.4) is 0 Å². The number of rotatable bonds is 3. The molecule has 0 saturated carbocycles. The van der Waals surface area contributed by atoms with E-state index in [1.807, 2.05) is 36.4 Å². The molecule has 5 nitrogen and oxygen atoms in total. The summed E-state index contributed by atoms with van der Waals surface area (Å²) in [6.07, 6.45) is 3.48. The molecule has 2 heterocycles. The molecule has 0 fully saturated rings. The lowest BCUT2D eigenvalue weighted by Crippen LogP contribution is -1.86. The molecular formula is C14H10ClN5. The van der Waals surface area contributed by atoms with Gasteiger partial charge in [-0.2, -0.15) is 5.11 Å². The molecule has 0 bridgehead atoms. The van der Waals surface area contributed by atoms with Crippen molar-refractivity contribution in [1.82, 2.24) is 15.2 Å². The Hall–Kier alpha value is -2.40. The summed E-state index contributed by atoms with van der Waals surface area (Å²) in [4.78, 5) is 4.02. The molecule has 3 aromatic rings. The summed E-state index contributed by atoms with van der Waals surface area (Å²) in [5, 5.41) is 18.2. The summed E-state index contributed by atoms with van der Waals surface area (Å²) in [7, 11) is 0. The van der Waals surface area contributed by atoms with Crippen LogP contribution in [0.2, 0.25) is 5.15 Å². The number of fused-ring (bicyclic) bond motifs is 1. The first-order chi connectivity index (χ1) is 9.84. The Labute approximate surface area is 120 Å². The van der Waals surface area contributed by atoms with E-state index in [-0.39, 0.29) is 0 Å². The van der Waals surface area contributed by atoms with Crippen LogP contribution in [0.15, 0.2) is 59.0 Å². The predicted octanol–water partition coefficient (Wildman–Crippen LogP) is 3.96. The lowest BCUT2D eigenvalue weighted by Gasteiger charge is -2.00. The molecule has 0 N–H and O–H groups in total. The van der Waals surface area contributed by atoms with Gasteiger partial charge in [0, 0.05) is 23.2 Å². The first kappa shape index (κ1) is 12.6. The van der Waals surface area contributed by atoms with Gasteiger partial charge in [0.1, 0.15) is 0 Å². The summed E-state index contributed by atoms with van der Waals surface area (Å²) < 4.78 is 0. The second-order valence-electron chi connectivity index (χ2n) is 4.12. The van der Waals surface area contributed by atoms with Gasteiger partial charge in [0.25, 0.3) is 0 Å². The Morgan fingerprint density at radius 3 is 2.65 bits per heavy atom. The molecule has 3 rings (SSSR count). The quantitative estimate of drug-likeness (QED) is 0.683. The summed E-state index contributed by atoms with van der Waals surface area (Å²) >= 11 is 6.00. The number of pyridine rings is 1. The van der Waals surface area contributed by atoms with Gasteiger partial charge in [0.05, 0.1) is 6.54 Å². The van der Waals surface area contributed by atoms with Gasteiger partial charge in [-0.05, 0) is 11.6 Å². The number of halogens is 1. The Balaban J connectivity index is 1.90. The largest absolute Gasteiger partial charge is 0.264 e. The number of azo groups is 1. The summed E-state index contributed by atoms with van der Waals surface area (Å²) in [5.41, 5.74) is 0.988. The smallest absolute Gasteiger partial charge is 0.203 e. The van der Waals surface area contributed by atoms with Crippen molar-refractivity contribution in [3.8, 4) is 0 Å². The minimum Gasteiger partial charge on any atom is -0.264 e. The third kappa shape index (κ3) is 2.62. The average Bonchev–Trinajstić information content (AvgIpc) is 2.51.